The van der Waals surface area contributed by atoms with E-state index in [4.69, 9.17) is 19.6 Å². The molecule has 15 heteroatoms. The van der Waals surface area contributed by atoms with Crippen LogP contribution in [-0.2, 0) is 32.0 Å². The number of fused-ring (bicyclic) bond motifs is 7. The Hall–Kier alpha value is -4.28. The Morgan fingerprint density at radius 1 is 1.23 bits per heavy atom. The van der Waals surface area contributed by atoms with Gasteiger partial charge in [-0.15, -0.1) is 0 Å². The summed E-state index contributed by atoms with van der Waals surface area (Å²) in [6.07, 6.45) is 11.5. The summed E-state index contributed by atoms with van der Waals surface area (Å²) in [5.41, 5.74) is 8.43. The number of carbonyl (C=O) groups is 3. The Morgan fingerprint density at radius 3 is 2.80 bits per heavy atom. The lowest BCUT2D eigenvalue weighted by Crippen LogP contribution is -2.75. The van der Waals surface area contributed by atoms with E-state index in [9.17, 15) is 29.4 Å². The molecule has 9 rings (SSSR count). The summed E-state index contributed by atoms with van der Waals surface area (Å²) in [6.45, 7) is 5.49. The third kappa shape index (κ3) is 6.89. The summed E-state index contributed by atoms with van der Waals surface area (Å²) in [5, 5.41) is 26.9. The molecule has 10 unspecified atom stereocenters. The molecule has 324 valence electrons. The number of hydrogen-bond donors (Lipinski definition) is 5. The van der Waals surface area contributed by atoms with Crippen molar-refractivity contribution in [1.82, 2.24) is 15.5 Å². The number of aliphatic hydroxyl groups excluding tert-OH is 2. The van der Waals surface area contributed by atoms with Gasteiger partial charge in [-0.05, 0) is 94.0 Å². The fraction of sp³-hybridized carbons (Fsp3) is 0.522. The summed E-state index contributed by atoms with van der Waals surface area (Å²) >= 11 is 0. The van der Waals surface area contributed by atoms with Gasteiger partial charge in [-0.25, -0.2) is 9.59 Å². The number of nitrogens with one attached hydrogen (secondary N) is 2. The lowest BCUT2D eigenvalue weighted by molar-refractivity contribution is -0.186. The number of nitrogens with two attached hydrogens (primary N) is 1. The second kappa shape index (κ2) is 16.1. The van der Waals surface area contributed by atoms with E-state index in [0.717, 1.165) is 22.3 Å². The molecular weight excluding hydrogens is 817 g/mol. The highest BCUT2D eigenvalue weighted by Crippen LogP contribution is 2.59. The molecule has 10 atom stereocenters. The Morgan fingerprint density at radius 2 is 2.05 bits per heavy atom. The zero-order valence-electron chi connectivity index (χ0n) is 34.9. The summed E-state index contributed by atoms with van der Waals surface area (Å²) in [4.78, 5) is 57.5. The molecular formula is C46H54N4O9S2. The van der Waals surface area contributed by atoms with Crippen molar-refractivity contribution in [2.45, 2.75) is 93.9 Å². The van der Waals surface area contributed by atoms with E-state index in [1.54, 1.807) is 59.7 Å². The molecule has 2 bridgehead atoms. The zero-order valence-corrected chi connectivity index (χ0v) is 36.5. The Labute approximate surface area is 362 Å². The number of amides is 1. The summed E-state index contributed by atoms with van der Waals surface area (Å²) in [7, 11) is 5.40. The van der Waals surface area contributed by atoms with Crippen molar-refractivity contribution in [3.8, 4) is 5.75 Å². The maximum atomic E-state index is 14.9. The molecule has 1 spiro atoms. The first-order chi connectivity index (χ1) is 29.3. The van der Waals surface area contributed by atoms with Gasteiger partial charge in [0.2, 0.25) is 5.91 Å². The molecule has 1 amide bonds. The normalized spacial score (nSPS) is 33.4. The van der Waals surface area contributed by atoms with E-state index < -0.39 is 28.7 Å². The van der Waals surface area contributed by atoms with Crippen LogP contribution >= 0.6 is 21.6 Å². The van der Waals surface area contributed by atoms with E-state index in [2.05, 4.69) is 16.7 Å². The number of ether oxygens (including phenoxy) is 2. The minimum absolute atomic E-state index is 0.0110. The quantitative estimate of drug-likeness (QED) is 0.0840. The van der Waals surface area contributed by atoms with Gasteiger partial charge in [-0.2, -0.15) is 0 Å². The van der Waals surface area contributed by atoms with Crippen LogP contribution in [0.25, 0.3) is 11.0 Å². The average molecular weight is 871 g/mol. The number of dihydropyridines is 1. The van der Waals surface area contributed by atoms with Crippen LogP contribution in [0.5, 0.6) is 5.75 Å². The van der Waals surface area contributed by atoms with E-state index in [0.29, 0.717) is 71.7 Å². The Kier molecular flexibility index (Phi) is 11.1. The molecule has 2 aromatic rings. The highest BCUT2D eigenvalue weighted by atomic mass is 33.1. The van der Waals surface area contributed by atoms with Crippen molar-refractivity contribution < 1.29 is 38.5 Å². The molecule has 13 nitrogen and oxygen atoms in total. The van der Waals surface area contributed by atoms with Gasteiger partial charge in [-0.3, -0.25) is 9.59 Å². The van der Waals surface area contributed by atoms with E-state index >= 15 is 0 Å². The first-order valence-corrected chi connectivity index (χ1v) is 23.7. The first kappa shape index (κ1) is 42.0. The zero-order chi connectivity index (χ0) is 43.0. The molecule has 4 aliphatic heterocycles. The third-order valence-electron chi connectivity index (χ3n) is 14.5. The van der Waals surface area contributed by atoms with Gasteiger partial charge in [0.1, 0.15) is 11.3 Å². The molecule has 61 heavy (non-hydrogen) atoms. The molecule has 6 N–H and O–H groups in total. The Bertz CT molecular complexity index is 2410. The predicted molar refractivity (Wildman–Crippen MR) is 234 cm³/mol. The van der Waals surface area contributed by atoms with Gasteiger partial charge < -0.3 is 45.4 Å². The summed E-state index contributed by atoms with van der Waals surface area (Å²) < 4.78 is 19.8. The van der Waals surface area contributed by atoms with Gasteiger partial charge >= 0.3 is 11.6 Å². The summed E-state index contributed by atoms with van der Waals surface area (Å²) in [6, 6.07) is 5.26. The number of carbonyl (C=O) groups excluding carboxylic acids is 3. The lowest BCUT2D eigenvalue weighted by Gasteiger charge is -2.62. The molecule has 2 fully saturated rings. The fourth-order valence-corrected chi connectivity index (χ4v) is 14.3. The number of aliphatic hydroxyl groups is 2. The van der Waals surface area contributed by atoms with Gasteiger partial charge in [0, 0.05) is 84.1 Å². The van der Waals surface area contributed by atoms with Crippen LogP contribution in [0, 0.1) is 23.7 Å². The second-order valence-corrected chi connectivity index (χ2v) is 20.5. The number of allylic oxidation sites excluding steroid dienone is 3. The molecule has 0 radical (unpaired) electrons. The third-order valence-corrected chi connectivity index (χ3v) is 17.3. The number of rotatable bonds is 8. The molecule has 1 aromatic carbocycles. The molecule has 1 aromatic heterocycles. The van der Waals surface area contributed by atoms with E-state index in [-0.39, 0.29) is 78.9 Å². The molecule has 1 saturated heterocycles. The molecule has 3 aliphatic carbocycles. The summed E-state index contributed by atoms with van der Waals surface area (Å²) in [5.74, 6) is 0.319. The fourth-order valence-electron chi connectivity index (χ4n) is 11.2. The maximum absolute atomic E-state index is 14.9. The average Bonchev–Trinajstić information content (AvgIpc) is 3.60. The topological polar surface area (TPSA) is 194 Å². The lowest BCUT2D eigenvalue weighted by atomic mass is 9.61. The van der Waals surface area contributed by atoms with Crippen LogP contribution in [0.3, 0.4) is 0 Å². The SMILES string of the molecule is CC=C(C)C(=O)OC1(C)CC=C2CSSC3CC4C(=O)C=CC5C(C4NC)C3N5C(=O)CC3=C(C=C(N)NC3)C2C12Cc1cc3cc(CC(CO)CCO)c(=O)oc3cc1O2. The second-order valence-electron chi connectivity index (χ2n) is 17.9. The van der Waals surface area contributed by atoms with Crippen LogP contribution in [0.2, 0.25) is 0 Å². The largest absolute Gasteiger partial charge is 0.481 e. The van der Waals surface area contributed by atoms with Crippen molar-refractivity contribution in [1.29, 1.82) is 0 Å². The smallest absolute Gasteiger partial charge is 0.339 e. The van der Waals surface area contributed by atoms with Crippen LogP contribution in [0.15, 0.2) is 85.9 Å². The van der Waals surface area contributed by atoms with Crippen molar-refractivity contribution in [3.63, 3.8) is 0 Å². The number of ketones is 1. The van der Waals surface area contributed by atoms with Gasteiger partial charge in [0.25, 0.3) is 0 Å². The molecule has 1 saturated carbocycles. The van der Waals surface area contributed by atoms with Crippen LogP contribution < -0.4 is 26.7 Å². The highest BCUT2D eigenvalue weighted by Gasteiger charge is 2.65. The van der Waals surface area contributed by atoms with Crippen LogP contribution in [0.4, 0.5) is 0 Å². The van der Waals surface area contributed by atoms with Gasteiger partial charge in [0.05, 0.1) is 30.2 Å². The molecule has 7 aliphatic rings. The maximum Gasteiger partial charge on any atom is 0.339 e. The monoisotopic (exact) mass is 870 g/mol. The van der Waals surface area contributed by atoms with Gasteiger partial charge in [-0.1, -0.05) is 45.4 Å². The van der Waals surface area contributed by atoms with Gasteiger partial charge in [0.15, 0.2) is 17.0 Å². The van der Waals surface area contributed by atoms with Crippen molar-refractivity contribution in [2.75, 3.05) is 32.6 Å². The highest BCUT2D eigenvalue weighted by molar-refractivity contribution is 8.77. The number of esters is 1. The first-order valence-electron chi connectivity index (χ1n) is 21.3. The van der Waals surface area contributed by atoms with Crippen molar-refractivity contribution in [2.24, 2.45) is 29.4 Å². The van der Waals surface area contributed by atoms with Crippen LogP contribution in [0.1, 0.15) is 57.6 Å². The number of hydrogen-bond acceptors (Lipinski definition) is 14. The minimum atomic E-state index is -1.24. The van der Waals surface area contributed by atoms with Crippen molar-refractivity contribution >= 4 is 50.2 Å². The standard InChI is InChI=1S/C46H54N4O9S2/c1-5-23(2)43(55)59-45(3)10-8-25-22-60-61-36-16-31-33(53)7-6-32-39(41(31)48-4)42(36)50(32)38(54)15-29-20-49-37(47)17-30(29)40(25)46(45)19-28-14-26-13-27(12-24(21-52)9-11-51)44(56)57-34(26)18-35(28)58-46/h5-8,13-14,17-18,24,31-32,36,39-42,48-49,51-52H,9-12,15-16,19-22,47H2,1-4H3. The van der Waals surface area contributed by atoms with E-state index in [1.807, 2.05) is 37.1 Å². The van der Waals surface area contributed by atoms with Crippen molar-refractivity contribution in [3.05, 3.63) is 98.2 Å². The van der Waals surface area contributed by atoms with E-state index in [1.165, 1.54) is 0 Å². The number of benzene rings is 1. The van der Waals surface area contributed by atoms with Crippen LogP contribution in [-0.4, -0.2) is 99.9 Å². The predicted octanol–water partition coefficient (Wildman–Crippen LogP) is 4.01. The minimum Gasteiger partial charge on any atom is -0.481 e. The number of nitrogens with zero attached hydrogens (tertiary/aromatic N) is 1. The Balaban J connectivity index is 1.18. The molecule has 5 heterocycles.